The summed E-state index contributed by atoms with van der Waals surface area (Å²) in [4.78, 5) is 14.2. The molecule has 0 unspecified atom stereocenters. The molecule has 0 atom stereocenters. The molecule has 1 fully saturated rings. The largest absolute Gasteiger partial charge is 0.303 e. The smallest absolute Gasteiger partial charge is 0.135 e. The number of rotatable bonds is 5. The predicted octanol–water partition coefficient (Wildman–Crippen LogP) is 2.97. The molecule has 0 aliphatic carbocycles. The van der Waals surface area contributed by atoms with Crippen molar-refractivity contribution < 1.29 is 4.79 Å². The standard InChI is InChI=1S/C14H27NO/c1-11(2)10-15-7-5-13(6-8-15)9-14(16)12(3)4/h11-13H,5-10H2,1-4H3. The first kappa shape index (κ1) is 13.7. The first-order chi connectivity index (χ1) is 7.49. The fourth-order valence-electron chi connectivity index (χ4n) is 2.41. The molecule has 1 saturated heterocycles. The number of nitrogens with zero attached hydrogens (tertiary/aromatic N) is 1. The summed E-state index contributed by atoms with van der Waals surface area (Å²) >= 11 is 0. The Morgan fingerprint density at radius 3 is 2.19 bits per heavy atom. The lowest BCUT2D eigenvalue weighted by molar-refractivity contribution is -0.123. The Hall–Kier alpha value is -0.370. The van der Waals surface area contributed by atoms with Crippen LogP contribution < -0.4 is 0 Å². The molecule has 0 aromatic heterocycles. The topological polar surface area (TPSA) is 20.3 Å². The highest BCUT2D eigenvalue weighted by Gasteiger charge is 2.22. The summed E-state index contributed by atoms with van der Waals surface area (Å²) < 4.78 is 0. The van der Waals surface area contributed by atoms with Crippen LogP contribution in [0.4, 0.5) is 0 Å². The molecule has 1 aliphatic heterocycles. The summed E-state index contributed by atoms with van der Waals surface area (Å²) in [6.07, 6.45) is 3.24. The van der Waals surface area contributed by atoms with Gasteiger partial charge in [-0.15, -0.1) is 0 Å². The third-order valence-corrected chi connectivity index (χ3v) is 3.46. The fraction of sp³-hybridized carbons (Fsp3) is 0.929. The number of likely N-dealkylation sites (tertiary alicyclic amines) is 1. The normalized spacial score (nSPS) is 19.6. The summed E-state index contributed by atoms with van der Waals surface area (Å²) in [5, 5.41) is 0. The lowest BCUT2D eigenvalue weighted by Crippen LogP contribution is -2.36. The highest BCUT2D eigenvalue weighted by Crippen LogP contribution is 2.22. The Kier molecular flexibility index (Phi) is 5.47. The number of hydrogen-bond donors (Lipinski definition) is 0. The van der Waals surface area contributed by atoms with Crippen molar-refractivity contribution in [2.75, 3.05) is 19.6 Å². The van der Waals surface area contributed by atoms with E-state index >= 15 is 0 Å². The fourth-order valence-corrected chi connectivity index (χ4v) is 2.41. The van der Waals surface area contributed by atoms with Gasteiger partial charge in [-0.25, -0.2) is 0 Å². The van der Waals surface area contributed by atoms with E-state index in [0.29, 0.717) is 11.7 Å². The second-order valence-corrected chi connectivity index (χ2v) is 5.96. The minimum Gasteiger partial charge on any atom is -0.303 e. The van der Waals surface area contributed by atoms with Crippen LogP contribution in [0.5, 0.6) is 0 Å². The number of hydrogen-bond acceptors (Lipinski definition) is 2. The number of piperidine rings is 1. The van der Waals surface area contributed by atoms with Crippen LogP contribution in [0.25, 0.3) is 0 Å². The van der Waals surface area contributed by atoms with Crippen molar-refractivity contribution >= 4 is 5.78 Å². The SMILES string of the molecule is CC(C)CN1CCC(CC(=O)C(C)C)CC1. The summed E-state index contributed by atoms with van der Waals surface area (Å²) in [7, 11) is 0. The Labute approximate surface area is 100 Å². The lowest BCUT2D eigenvalue weighted by atomic mass is 9.88. The minimum atomic E-state index is 0.216. The molecule has 0 saturated carbocycles. The summed E-state index contributed by atoms with van der Waals surface area (Å²) in [6.45, 7) is 12.2. The average molecular weight is 225 g/mol. The molecule has 0 aromatic carbocycles. The van der Waals surface area contributed by atoms with Gasteiger partial charge in [0.2, 0.25) is 0 Å². The molecular weight excluding hydrogens is 198 g/mol. The van der Waals surface area contributed by atoms with E-state index < -0.39 is 0 Å². The molecule has 2 heteroatoms. The molecule has 94 valence electrons. The number of Topliss-reactive ketones (excluding diaryl/α,β-unsaturated/α-hetero) is 1. The van der Waals surface area contributed by atoms with Gasteiger partial charge in [-0.3, -0.25) is 4.79 Å². The van der Waals surface area contributed by atoms with Gasteiger partial charge in [0, 0.05) is 18.9 Å². The Bertz CT molecular complexity index is 215. The number of carbonyl (C=O) groups excluding carboxylic acids is 1. The monoisotopic (exact) mass is 225 g/mol. The van der Waals surface area contributed by atoms with Crippen LogP contribution >= 0.6 is 0 Å². The Morgan fingerprint density at radius 1 is 1.19 bits per heavy atom. The maximum atomic E-state index is 11.7. The van der Waals surface area contributed by atoms with Crippen LogP contribution in [0, 0.1) is 17.8 Å². The van der Waals surface area contributed by atoms with Crippen molar-refractivity contribution in [2.45, 2.75) is 47.0 Å². The molecule has 16 heavy (non-hydrogen) atoms. The van der Waals surface area contributed by atoms with Crippen LogP contribution in [-0.4, -0.2) is 30.3 Å². The Balaban J connectivity index is 2.24. The van der Waals surface area contributed by atoms with Crippen molar-refractivity contribution in [3.63, 3.8) is 0 Å². The van der Waals surface area contributed by atoms with Crippen LogP contribution in [-0.2, 0) is 4.79 Å². The van der Waals surface area contributed by atoms with Gasteiger partial charge in [0.15, 0.2) is 0 Å². The van der Waals surface area contributed by atoms with Gasteiger partial charge in [-0.2, -0.15) is 0 Å². The second-order valence-electron chi connectivity index (χ2n) is 5.96. The zero-order valence-electron chi connectivity index (χ0n) is 11.3. The van der Waals surface area contributed by atoms with E-state index in [1.807, 2.05) is 13.8 Å². The third kappa shape index (κ3) is 4.65. The number of carbonyl (C=O) groups is 1. The van der Waals surface area contributed by atoms with Crippen molar-refractivity contribution in [3.05, 3.63) is 0 Å². The molecule has 0 aromatic rings. The summed E-state index contributed by atoms with van der Waals surface area (Å²) in [5.74, 6) is 2.07. The second kappa shape index (κ2) is 6.39. The van der Waals surface area contributed by atoms with E-state index in [1.54, 1.807) is 0 Å². The first-order valence-corrected chi connectivity index (χ1v) is 6.74. The zero-order chi connectivity index (χ0) is 12.1. The molecule has 0 bridgehead atoms. The molecule has 0 amide bonds. The van der Waals surface area contributed by atoms with Gasteiger partial charge >= 0.3 is 0 Å². The molecule has 2 nitrogen and oxygen atoms in total. The van der Waals surface area contributed by atoms with Crippen LogP contribution in [0.3, 0.4) is 0 Å². The van der Waals surface area contributed by atoms with Crippen molar-refractivity contribution in [3.8, 4) is 0 Å². The average Bonchev–Trinajstić information content (AvgIpc) is 2.20. The maximum Gasteiger partial charge on any atom is 0.135 e. The molecular formula is C14H27NO. The third-order valence-electron chi connectivity index (χ3n) is 3.46. The number of ketones is 1. The van der Waals surface area contributed by atoms with Crippen LogP contribution in [0.1, 0.15) is 47.0 Å². The van der Waals surface area contributed by atoms with Crippen LogP contribution in [0.2, 0.25) is 0 Å². The summed E-state index contributed by atoms with van der Waals surface area (Å²) in [6, 6.07) is 0. The van der Waals surface area contributed by atoms with Crippen molar-refractivity contribution in [2.24, 2.45) is 17.8 Å². The van der Waals surface area contributed by atoms with Gasteiger partial charge in [-0.05, 0) is 37.8 Å². The quantitative estimate of drug-likeness (QED) is 0.717. The van der Waals surface area contributed by atoms with E-state index in [9.17, 15) is 4.79 Å². The van der Waals surface area contributed by atoms with Gasteiger partial charge < -0.3 is 4.90 Å². The van der Waals surface area contributed by atoms with E-state index in [0.717, 1.165) is 12.3 Å². The highest BCUT2D eigenvalue weighted by molar-refractivity contribution is 5.80. The first-order valence-electron chi connectivity index (χ1n) is 6.74. The van der Waals surface area contributed by atoms with E-state index in [1.165, 1.54) is 32.5 Å². The summed E-state index contributed by atoms with van der Waals surface area (Å²) in [5.41, 5.74) is 0. The lowest BCUT2D eigenvalue weighted by Gasteiger charge is -2.32. The Morgan fingerprint density at radius 2 is 1.75 bits per heavy atom. The van der Waals surface area contributed by atoms with E-state index in [2.05, 4.69) is 18.7 Å². The van der Waals surface area contributed by atoms with Crippen LogP contribution in [0.15, 0.2) is 0 Å². The molecule has 1 heterocycles. The van der Waals surface area contributed by atoms with Gasteiger partial charge in [0.05, 0.1) is 0 Å². The molecule has 1 aliphatic rings. The van der Waals surface area contributed by atoms with Gasteiger partial charge in [0.1, 0.15) is 5.78 Å². The maximum absolute atomic E-state index is 11.7. The molecule has 0 radical (unpaired) electrons. The van der Waals surface area contributed by atoms with E-state index in [4.69, 9.17) is 0 Å². The molecule has 0 N–H and O–H groups in total. The molecule has 0 spiro atoms. The van der Waals surface area contributed by atoms with Gasteiger partial charge in [-0.1, -0.05) is 27.7 Å². The minimum absolute atomic E-state index is 0.216. The predicted molar refractivity (Wildman–Crippen MR) is 68.5 cm³/mol. The van der Waals surface area contributed by atoms with Crippen molar-refractivity contribution in [1.29, 1.82) is 0 Å². The highest BCUT2D eigenvalue weighted by atomic mass is 16.1. The van der Waals surface area contributed by atoms with Crippen molar-refractivity contribution in [1.82, 2.24) is 4.90 Å². The zero-order valence-corrected chi connectivity index (χ0v) is 11.3. The van der Waals surface area contributed by atoms with Gasteiger partial charge in [0.25, 0.3) is 0 Å². The van der Waals surface area contributed by atoms with E-state index in [-0.39, 0.29) is 5.92 Å². The molecule has 1 rings (SSSR count).